The molecule has 27 heavy (non-hydrogen) atoms. The zero-order valence-corrected chi connectivity index (χ0v) is 15.4. The van der Waals surface area contributed by atoms with Gasteiger partial charge in [0.1, 0.15) is 18.0 Å². The van der Waals surface area contributed by atoms with Crippen LogP contribution in [0.15, 0.2) is 42.7 Å². The van der Waals surface area contributed by atoms with Crippen LogP contribution >= 0.6 is 0 Å². The highest BCUT2D eigenvalue weighted by Crippen LogP contribution is 2.30. The number of aromatic nitrogens is 2. The number of nitrogens with two attached hydrogens (primary N) is 1. The van der Waals surface area contributed by atoms with Gasteiger partial charge in [0.05, 0.1) is 5.52 Å². The molecular weight excluding hydrogens is 341 g/mol. The fourth-order valence-electron chi connectivity index (χ4n) is 3.85. The Labute approximate surface area is 158 Å². The molecule has 3 aromatic rings. The van der Waals surface area contributed by atoms with Crippen molar-refractivity contribution in [2.45, 2.75) is 31.8 Å². The Hall–Kier alpha value is -2.57. The van der Waals surface area contributed by atoms with Gasteiger partial charge in [-0.25, -0.2) is 14.4 Å². The van der Waals surface area contributed by atoms with Crippen molar-refractivity contribution in [3.63, 3.8) is 0 Å². The Morgan fingerprint density at radius 3 is 2.96 bits per heavy atom. The molecule has 1 aromatic heterocycles. The number of hydrogen-bond acceptors (Lipinski definition) is 5. The van der Waals surface area contributed by atoms with Gasteiger partial charge in [-0.15, -0.1) is 0 Å². The Morgan fingerprint density at radius 2 is 2.15 bits per heavy atom. The number of nitrogens with zero attached hydrogens (tertiary/aromatic N) is 2. The molecule has 2 atom stereocenters. The van der Waals surface area contributed by atoms with Gasteiger partial charge in [-0.05, 0) is 48.7 Å². The number of piperidine rings is 1. The highest BCUT2D eigenvalue weighted by molar-refractivity contribution is 5.91. The van der Waals surface area contributed by atoms with E-state index in [1.807, 2.05) is 30.3 Å². The van der Waals surface area contributed by atoms with Gasteiger partial charge in [0.15, 0.2) is 0 Å². The summed E-state index contributed by atoms with van der Waals surface area (Å²) in [7, 11) is 0. The summed E-state index contributed by atoms with van der Waals surface area (Å²) < 4.78 is 14.1. The van der Waals surface area contributed by atoms with E-state index in [-0.39, 0.29) is 17.8 Å². The lowest BCUT2D eigenvalue weighted by atomic mass is 9.85. The van der Waals surface area contributed by atoms with Gasteiger partial charge in [0, 0.05) is 30.4 Å². The van der Waals surface area contributed by atoms with Crippen molar-refractivity contribution in [1.29, 1.82) is 0 Å². The van der Waals surface area contributed by atoms with Gasteiger partial charge in [-0.3, -0.25) is 0 Å². The van der Waals surface area contributed by atoms with E-state index in [0.29, 0.717) is 12.1 Å². The van der Waals surface area contributed by atoms with Crippen LogP contribution < -0.4 is 16.4 Å². The quantitative estimate of drug-likeness (QED) is 0.662. The van der Waals surface area contributed by atoms with E-state index in [4.69, 9.17) is 5.73 Å². The van der Waals surface area contributed by atoms with E-state index in [1.165, 1.54) is 0 Å². The Morgan fingerprint density at radius 1 is 1.26 bits per heavy atom. The average Bonchev–Trinajstić information content (AvgIpc) is 2.70. The van der Waals surface area contributed by atoms with E-state index < -0.39 is 0 Å². The maximum absolute atomic E-state index is 14.1. The van der Waals surface area contributed by atoms with Crippen molar-refractivity contribution in [3.05, 3.63) is 65.2 Å². The third kappa shape index (κ3) is 3.50. The van der Waals surface area contributed by atoms with Crippen molar-refractivity contribution >= 4 is 16.7 Å². The third-order valence-electron chi connectivity index (χ3n) is 5.40. The number of aryl methyl sites for hydroxylation is 1. The summed E-state index contributed by atoms with van der Waals surface area (Å²) in [5, 5.41) is 7.97. The predicted molar refractivity (Wildman–Crippen MR) is 106 cm³/mol. The molecule has 1 aliphatic rings. The van der Waals surface area contributed by atoms with Gasteiger partial charge in [-0.2, -0.15) is 0 Å². The zero-order valence-electron chi connectivity index (χ0n) is 15.4. The summed E-state index contributed by atoms with van der Waals surface area (Å²) in [5.74, 6) is 0.857. The molecular formula is C21H24FN5. The maximum Gasteiger partial charge on any atom is 0.137 e. The molecule has 0 amide bonds. The monoisotopic (exact) mass is 365 g/mol. The van der Waals surface area contributed by atoms with Crippen LogP contribution in [0.25, 0.3) is 10.9 Å². The van der Waals surface area contributed by atoms with Gasteiger partial charge in [0.25, 0.3) is 0 Å². The molecule has 0 unspecified atom stereocenters. The van der Waals surface area contributed by atoms with Crippen LogP contribution in [0.1, 0.15) is 29.0 Å². The van der Waals surface area contributed by atoms with Crippen molar-refractivity contribution in [1.82, 2.24) is 15.3 Å². The zero-order chi connectivity index (χ0) is 18.8. The van der Waals surface area contributed by atoms with Gasteiger partial charge in [0.2, 0.25) is 0 Å². The molecule has 0 saturated carbocycles. The molecule has 4 N–H and O–H groups in total. The number of rotatable bonds is 4. The highest BCUT2D eigenvalue weighted by atomic mass is 19.1. The summed E-state index contributed by atoms with van der Waals surface area (Å²) >= 11 is 0. The molecule has 1 saturated heterocycles. The number of benzene rings is 2. The van der Waals surface area contributed by atoms with E-state index in [9.17, 15) is 4.39 Å². The summed E-state index contributed by atoms with van der Waals surface area (Å²) in [4.78, 5) is 8.88. The fourth-order valence-corrected chi connectivity index (χ4v) is 3.85. The molecule has 6 heteroatoms. The van der Waals surface area contributed by atoms with Gasteiger partial charge >= 0.3 is 0 Å². The topological polar surface area (TPSA) is 75.9 Å². The van der Waals surface area contributed by atoms with Crippen molar-refractivity contribution in [2.75, 3.05) is 18.4 Å². The second kappa shape index (κ2) is 7.58. The molecule has 2 aromatic carbocycles. The smallest absolute Gasteiger partial charge is 0.137 e. The maximum atomic E-state index is 14.1. The third-order valence-corrected chi connectivity index (χ3v) is 5.40. The summed E-state index contributed by atoms with van der Waals surface area (Å²) in [6, 6.07) is 11.6. The molecule has 140 valence electrons. The highest BCUT2D eigenvalue weighted by Gasteiger charge is 2.27. The Bertz CT molecular complexity index is 958. The molecule has 4 rings (SSSR count). The first-order valence-corrected chi connectivity index (χ1v) is 9.33. The number of halogens is 1. The fraction of sp³-hybridized carbons (Fsp3) is 0.333. The number of para-hydroxylation sites is 1. The second-order valence-electron chi connectivity index (χ2n) is 7.10. The van der Waals surface area contributed by atoms with Crippen LogP contribution in [0.2, 0.25) is 0 Å². The minimum Gasteiger partial charge on any atom is -0.365 e. The SMILES string of the molecule is Cc1ccc([C@@H]2CCNC[C@H]2Nc2ncnc3c(CN)cccc23)cc1F. The summed E-state index contributed by atoms with van der Waals surface area (Å²) in [6.07, 6.45) is 2.51. The lowest BCUT2D eigenvalue weighted by molar-refractivity contribution is 0.420. The van der Waals surface area contributed by atoms with Crippen LogP contribution in [0.3, 0.4) is 0 Å². The molecule has 1 fully saturated rings. The molecule has 1 aliphatic heterocycles. The molecule has 0 radical (unpaired) electrons. The molecule has 0 spiro atoms. The van der Waals surface area contributed by atoms with Gasteiger partial charge in [-0.1, -0.05) is 24.3 Å². The van der Waals surface area contributed by atoms with Gasteiger partial charge < -0.3 is 16.4 Å². The standard InChI is InChI=1S/C21H24FN5/c1-13-5-6-14(9-18(13)22)16-7-8-24-11-19(16)27-21-17-4-2-3-15(10-23)20(17)25-12-26-21/h2-6,9,12,16,19,24H,7-8,10-11,23H2,1H3,(H,25,26,27)/t16-,19+/m0/s1. The lowest BCUT2D eigenvalue weighted by Gasteiger charge is -2.34. The Kier molecular flexibility index (Phi) is 5.01. The first-order chi connectivity index (χ1) is 13.2. The molecule has 2 heterocycles. The van der Waals surface area contributed by atoms with Crippen molar-refractivity contribution < 1.29 is 4.39 Å². The van der Waals surface area contributed by atoms with E-state index in [0.717, 1.165) is 47.4 Å². The van der Waals surface area contributed by atoms with Crippen LogP contribution in [0, 0.1) is 12.7 Å². The van der Waals surface area contributed by atoms with Crippen molar-refractivity contribution in [2.24, 2.45) is 5.73 Å². The lowest BCUT2D eigenvalue weighted by Crippen LogP contribution is -2.44. The largest absolute Gasteiger partial charge is 0.365 e. The first kappa shape index (κ1) is 17.8. The summed E-state index contributed by atoms with van der Waals surface area (Å²) in [5.41, 5.74) is 9.42. The van der Waals surface area contributed by atoms with Crippen LogP contribution in [0.4, 0.5) is 10.2 Å². The Balaban J connectivity index is 1.68. The van der Waals surface area contributed by atoms with Crippen LogP contribution in [-0.4, -0.2) is 29.1 Å². The van der Waals surface area contributed by atoms with Crippen LogP contribution in [-0.2, 0) is 6.54 Å². The van der Waals surface area contributed by atoms with Crippen molar-refractivity contribution in [3.8, 4) is 0 Å². The predicted octanol–water partition coefficient (Wildman–Crippen LogP) is 3.09. The first-order valence-electron chi connectivity index (χ1n) is 9.33. The average molecular weight is 365 g/mol. The normalized spacial score (nSPS) is 20.0. The number of nitrogens with one attached hydrogen (secondary N) is 2. The molecule has 0 aliphatic carbocycles. The summed E-state index contributed by atoms with van der Waals surface area (Å²) in [6.45, 7) is 3.94. The number of hydrogen-bond donors (Lipinski definition) is 3. The van der Waals surface area contributed by atoms with E-state index in [2.05, 4.69) is 20.6 Å². The number of fused-ring (bicyclic) bond motifs is 1. The minimum atomic E-state index is -0.148. The second-order valence-corrected chi connectivity index (χ2v) is 7.10. The van der Waals surface area contributed by atoms with E-state index in [1.54, 1.807) is 19.3 Å². The molecule has 0 bridgehead atoms. The molecule has 5 nitrogen and oxygen atoms in total. The van der Waals surface area contributed by atoms with E-state index >= 15 is 0 Å². The van der Waals surface area contributed by atoms with Crippen LogP contribution in [0.5, 0.6) is 0 Å². The number of anilines is 1. The minimum absolute atomic E-state index is 0.112.